The van der Waals surface area contributed by atoms with Crippen molar-refractivity contribution in [2.24, 2.45) is 0 Å². The lowest BCUT2D eigenvalue weighted by Crippen LogP contribution is -2.32. The Morgan fingerprint density at radius 2 is 1.56 bits per heavy atom. The van der Waals surface area contributed by atoms with Gasteiger partial charge in [-0.25, -0.2) is 0 Å². The minimum Gasteiger partial charge on any atom is -0.496 e. The summed E-state index contributed by atoms with van der Waals surface area (Å²) in [5.74, 6) is 1.30. The van der Waals surface area contributed by atoms with Crippen LogP contribution in [0.5, 0.6) is 17.2 Å². The Balaban J connectivity index is 1.77. The Bertz CT molecular complexity index is 754. The van der Waals surface area contributed by atoms with Crippen molar-refractivity contribution < 1.29 is 19.0 Å². The number of methoxy groups -OCH3 is 3. The molecule has 0 atom stereocenters. The third-order valence-electron chi connectivity index (χ3n) is 4.78. The molecule has 0 radical (unpaired) electrons. The van der Waals surface area contributed by atoms with Gasteiger partial charge in [0.1, 0.15) is 5.75 Å². The van der Waals surface area contributed by atoms with Crippen molar-refractivity contribution in [3.8, 4) is 17.2 Å². The van der Waals surface area contributed by atoms with Gasteiger partial charge >= 0.3 is 0 Å². The van der Waals surface area contributed by atoms with Crippen LogP contribution in [0.3, 0.4) is 0 Å². The first-order valence-electron chi connectivity index (χ1n) is 8.27. The lowest BCUT2D eigenvalue weighted by atomic mass is 9.96. The zero-order valence-corrected chi connectivity index (χ0v) is 14.8. The van der Waals surface area contributed by atoms with Crippen molar-refractivity contribution >= 4 is 5.91 Å². The Labute approximate surface area is 147 Å². The van der Waals surface area contributed by atoms with E-state index in [2.05, 4.69) is 17.4 Å². The average molecular weight is 341 g/mol. The van der Waals surface area contributed by atoms with E-state index < -0.39 is 0 Å². The van der Waals surface area contributed by atoms with Crippen LogP contribution in [0.2, 0.25) is 0 Å². The maximum Gasteiger partial charge on any atom is 0.255 e. The summed E-state index contributed by atoms with van der Waals surface area (Å²) in [7, 11) is 4.62. The maximum absolute atomic E-state index is 12.7. The highest BCUT2D eigenvalue weighted by molar-refractivity contribution is 5.98. The number of nitrogens with one attached hydrogen (secondary N) is 1. The molecule has 0 heterocycles. The first-order valence-corrected chi connectivity index (χ1v) is 8.27. The molecule has 0 aliphatic heterocycles. The molecule has 25 heavy (non-hydrogen) atoms. The monoisotopic (exact) mass is 341 g/mol. The molecule has 1 fully saturated rings. The van der Waals surface area contributed by atoms with Gasteiger partial charge in [-0.05, 0) is 18.4 Å². The molecule has 0 spiro atoms. The molecule has 1 saturated carbocycles. The Hall–Kier alpha value is -2.69. The first kappa shape index (κ1) is 17.1. The number of hydrogen-bond acceptors (Lipinski definition) is 4. The predicted molar refractivity (Wildman–Crippen MR) is 95.8 cm³/mol. The van der Waals surface area contributed by atoms with Gasteiger partial charge in [-0.2, -0.15) is 0 Å². The van der Waals surface area contributed by atoms with E-state index in [-0.39, 0.29) is 11.3 Å². The van der Waals surface area contributed by atoms with Crippen molar-refractivity contribution in [2.75, 3.05) is 27.9 Å². The molecular formula is C20H23NO4. The van der Waals surface area contributed by atoms with E-state index in [0.717, 1.165) is 12.8 Å². The number of benzene rings is 2. The summed E-state index contributed by atoms with van der Waals surface area (Å²) in [5, 5.41) is 3.05. The molecule has 0 aromatic heterocycles. The van der Waals surface area contributed by atoms with E-state index in [4.69, 9.17) is 14.2 Å². The number of amides is 1. The molecule has 1 aliphatic carbocycles. The van der Waals surface area contributed by atoms with Crippen LogP contribution in [0, 0.1) is 0 Å². The summed E-state index contributed by atoms with van der Waals surface area (Å²) in [5.41, 5.74) is 1.76. The summed E-state index contributed by atoms with van der Waals surface area (Å²) >= 11 is 0. The van der Waals surface area contributed by atoms with Gasteiger partial charge in [0.2, 0.25) is 0 Å². The van der Waals surface area contributed by atoms with Crippen molar-refractivity contribution in [3.63, 3.8) is 0 Å². The van der Waals surface area contributed by atoms with Gasteiger partial charge in [0.15, 0.2) is 11.5 Å². The first-order chi connectivity index (χ1) is 12.1. The lowest BCUT2D eigenvalue weighted by Gasteiger charge is -2.18. The lowest BCUT2D eigenvalue weighted by molar-refractivity contribution is 0.0946. The minimum absolute atomic E-state index is 0.0563. The fraction of sp³-hybridized carbons (Fsp3) is 0.350. The van der Waals surface area contributed by atoms with Gasteiger partial charge in [0, 0.05) is 24.1 Å². The smallest absolute Gasteiger partial charge is 0.255 e. The van der Waals surface area contributed by atoms with Crippen LogP contribution in [0.4, 0.5) is 0 Å². The Morgan fingerprint density at radius 1 is 0.960 bits per heavy atom. The highest BCUT2D eigenvalue weighted by atomic mass is 16.5. The van der Waals surface area contributed by atoms with Crippen LogP contribution in [0.15, 0.2) is 42.5 Å². The van der Waals surface area contributed by atoms with Gasteiger partial charge in [-0.3, -0.25) is 4.79 Å². The molecule has 5 heteroatoms. The highest BCUT2D eigenvalue weighted by Gasteiger charge is 2.44. The highest BCUT2D eigenvalue weighted by Crippen LogP contribution is 2.47. The number of carbonyl (C=O) groups is 1. The summed E-state index contributed by atoms with van der Waals surface area (Å²) in [4.78, 5) is 12.7. The molecule has 1 aliphatic rings. The van der Waals surface area contributed by atoms with Gasteiger partial charge < -0.3 is 19.5 Å². The second-order valence-corrected chi connectivity index (χ2v) is 6.24. The second-order valence-electron chi connectivity index (χ2n) is 6.24. The number of carbonyl (C=O) groups excluding carboxylic acids is 1. The van der Waals surface area contributed by atoms with Crippen LogP contribution in [0.1, 0.15) is 28.8 Å². The van der Waals surface area contributed by atoms with E-state index in [0.29, 0.717) is 29.4 Å². The predicted octanol–water partition coefficient (Wildman–Crippen LogP) is 3.17. The number of ether oxygens (including phenoxy) is 3. The van der Waals surface area contributed by atoms with Crippen molar-refractivity contribution in [1.82, 2.24) is 5.32 Å². The summed E-state index contributed by atoms with van der Waals surface area (Å²) < 4.78 is 15.9. The van der Waals surface area contributed by atoms with E-state index in [9.17, 15) is 4.79 Å². The third-order valence-corrected chi connectivity index (χ3v) is 4.78. The molecule has 1 amide bonds. The van der Waals surface area contributed by atoms with E-state index in [1.165, 1.54) is 12.7 Å². The number of rotatable bonds is 7. The summed E-state index contributed by atoms with van der Waals surface area (Å²) in [6.45, 7) is 0.605. The molecule has 2 aromatic carbocycles. The van der Waals surface area contributed by atoms with Crippen LogP contribution in [-0.4, -0.2) is 33.8 Å². The summed E-state index contributed by atoms with van der Waals surface area (Å²) in [6, 6.07) is 13.6. The topological polar surface area (TPSA) is 56.8 Å². The quantitative estimate of drug-likeness (QED) is 0.840. The number of hydrogen-bond donors (Lipinski definition) is 1. The van der Waals surface area contributed by atoms with Gasteiger partial charge in [0.05, 0.1) is 26.9 Å². The average Bonchev–Trinajstić information content (AvgIpc) is 3.46. The van der Waals surface area contributed by atoms with E-state index in [1.807, 2.05) is 18.2 Å². The van der Waals surface area contributed by atoms with Crippen molar-refractivity contribution in [1.29, 1.82) is 0 Å². The minimum atomic E-state index is -0.181. The molecule has 2 aromatic rings. The van der Waals surface area contributed by atoms with Crippen LogP contribution in [0.25, 0.3) is 0 Å². The molecule has 5 nitrogen and oxygen atoms in total. The van der Waals surface area contributed by atoms with Crippen LogP contribution < -0.4 is 19.5 Å². The maximum atomic E-state index is 12.7. The van der Waals surface area contributed by atoms with E-state index in [1.54, 1.807) is 26.4 Å². The zero-order chi connectivity index (χ0) is 17.9. The molecule has 1 N–H and O–H groups in total. The normalized spacial score (nSPS) is 14.5. The fourth-order valence-electron chi connectivity index (χ4n) is 3.06. The molecule has 132 valence electrons. The van der Waals surface area contributed by atoms with Crippen LogP contribution >= 0.6 is 0 Å². The van der Waals surface area contributed by atoms with Gasteiger partial charge in [-0.15, -0.1) is 0 Å². The third kappa shape index (κ3) is 3.40. The largest absolute Gasteiger partial charge is 0.496 e. The fourth-order valence-corrected chi connectivity index (χ4v) is 3.06. The van der Waals surface area contributed by atoms with Crippen LogP contribution in [-0.2, 0) is 5.41 Å². The van der Waals surface area contributed by atoms with Gasteiger partial charge in [-0.1, -0.05) is 30.3 Å². The Morgan fingerprint density at radius 3 is 2.12 bits per heavy atom. The Kier molecular flexibility index (Phi) is 4.83. The van der Waals surface area contributed by atoms with Crippen molar-refractivity contribution in [2.45, 2.75) is 18.3 Å². The van der Waals surface area contributed by atoms with Gasteiger partial charge in [0.25, 0.3) is 5.91 Å². The molecular weight excluding hydrogens is 318 g/mol. The molecule has 3 rings (SSSR count). The molecule has 0 bridgehead atoms. The standard InChI is InChI=1S/C20H23NO4/c1-23-16-12-18(25-3)17(24-2)11-15(16)19(22)21-13-20(9-10-20)14-7-5-4-6-8-14/h4-8,11-12H,9-10,13H2,1-3H3,(H,21,22). The van der Waals surface area contributed by atoms with Crippen molar-refractivity contribution in [3.05, 3.63) is 53.6 Å². The summed E-state index contributed by atoms with van der Waals surface area (Å²) in [6.07, 6.45) is 2.17. The molecule has 0 saturated heterocycles. The SMILES string of the molecule is COc1cc(OC)c(C(=O)NCC2(c3ccccc3)CC2)cc1OC. The zero-order valence-electron chi connectivity index (χ0n) is 14.8. The van der Waals surface area contributed by atoms with E-state index >= 15 is 0 Å². The molecule has 0 unspecified atom stereocenters. The second kappa shape index (κ2) is 7.05.